The number of aromatic nitrogens is 4. The molecule has 2 aromatic heterocycles. The van der Waals surface area contributed by atoms with Crippen LogP contribution in [0.5, 0.6) is 0 Å². The highest BCUT2D eigenvalue weighted by atomic mass is 19.4. The molecule has 0 spiro atoms. The van der Waals surface area contributed by atoms with Crippen LogP contribution in [0, 0.1) is 0 Å². The molecule has 0 unspecified atom stereocenters. The monoisotopic (exact) mass is 495 g/mol. The van der Waals surface area contributed by atoms with Crippen LogP contribution in [0.3, 0.4) is 0 Å². The smallest absolute Gasteiger partial charge is 0.383 e. The molecule has 0 bridgehead atoms. The van der Waals surface area contributed by atoms with E-state index in [1.807, 2.05) is 28.9 Å². The fraction of sp³-hybridized carbons (Fsp3) is 0.280. The number of nitrogens with two attached hydrogens (primary N) is 1. The van der Waals surface area contributed by atoms with Crippen LogP contribution in [0.25, 0.3) is 22.3 Å². The van der Waals surface area contributed by atoms with E-state index in [9.17, 15) is 18.0 Å². The lowest BCUT2D eigenvalue weighted by Crippen LogP contribution is -2.32. The maximum atomic E-state index is 13.0. The fourth-order valence-electron chi connectivity index (χ4n) is 4.44. The fourth-order valence-corrected chi connectivity index (χ4v) is 4.44. The SMILES string of the molecule is Nc1ncnc2c1c(-c1cccc(CNC(=O)c3cccc(C(F)(F)F)c3)c1)nn2[C@@H]1CCCNC1. The highest BCUT2D eigenvalue weighted by molar-refractivity contribution is 5.98. The van der Waals surface area contributed by atoms with Gasteiger partial charge < -0.3 is 16.4 Å². The quantitative estimate of drug-likeness (QED) is 0.387. The van der Waals surface area contributed by atoms with E-state index in [1.165, 1.54) is 18.5 Å². The normalized spacial score (nSPS) is 16.2. The van der Waals surface area contributed by atoms with Gasteiger partial charge in [0.15, 0.2) is 5.65 Å². The molecule has 5 rings (SSSR count). The zero-order valence-electron chi connectivity index (χ0n) is 19.2. The largest absolute Gasteiger partial charge is 0.416 e. The third-order valence-electron chi connectivity index (χ3n) is 6.24. The average molecular weight is 496 g/mol. The predicted molar refractivity (Wildman–Crippen MR) is 129 cm³/mol. The van der Waals surface area contributed by atoms with E-state index in [4.69, 9.17) is 10.8 Å². The highest BCUT2D eigenvalue weighted by Gasteiger charge is 2.31. The number of anilines is 1. The van der Waals surface area contributed by atoms with Crippen LogP contribution in [0.4, 0.5) is 19.0 Å². The van der Waals surface area contributed by atoms with Crippen LogP contribution < -0.4 is 16.4 Å². The minimum Gasteiger partial charge on any atom is -0.383 e. The van der Waals surface area contributed by atoms with Crippen molar-refractivity contribution in [3.63, 3.8) is 0 Å². The second kappa shape index (κ2) is 9.57. The van der Waals surface area contributed by atoms with Gasteiger partial charge in [-0.3, -0.25) is 4.79 Å². The van der Waals surface area contributed by atoms with Gasteiger partial charge in [0.25, 0.3) is 5.91 Å². The maximum Gasteiger partial charge on any atom is 0.416 e. The number of carbonyl (C=O) groups is 1. The van der Waals surface area contributed by atoms with Gasteiger partial charge in [-0.05, 0) is 49.2 Å². The van der Waals surface area contributed by atoms with E-state index >= 15 is 0 Å². The van der Waals surface area contributed by atoms with Crippen molar-refractivity contribution in [2.24, 2.45) is 0 Å². The Bertz CT molecular complexity index is 1410. The molecule has 2 aromatic carbocycles. The lowest BCUT2D eigenvalue weighted by atomic mass is 10.1. The van der Waals surface area contributed by atoms with Crippen molar-refractivity contribution in [1.82, 2.24) is 30.4 Å². The number of piperidine rings is 1. The predicted octanol–water partition coefficient (Wildman–Crippen LogP) is 3.95. The molecule has 4 aromatic rings. The zero-order valence-corrected chi connectivity index (χ0v) is 19.2. The first-order chi connectivity index (χ1) is 17.3. The second-order valence-electron chi connectivity index (χ2n) is 8.71. The minimum absolute atomic E-state index is 0.0586. The number of amides is 1. The van der Waals surface area contributed by atoms with Crippen molar-refractivity contribution in [2.75, 3.05) is 18.8 Å². The summed E-state index contributed by atoms with van der Waals surface area (Å²) in [6.07, 6.45) is -1.09. The Balaban J connectivity index is 1.41. The number of nitrogen functional groups attached to an aromatic ring is 1. The average Bonchev–Trinajstić information content (AvgIpc) is 3.29. The molecule has 0 saturated carbocycles. The van der Waals surface area contributed by atoms with E-state index in [0.717, 1.165) is 49.2 Å². The maximum absolute atomic E-state index is 13.0. The molecular weight excluding hydrogens is 471 g/mol. The van der Waals surface area contributed by atoms with Gasteiger partial charge in [-0.2, -0.15) is 18.3 Å². The first-order valence-electron chi connectivity index (χ1n) is 11.6. The second-order valence-corrected chi connectivity index (χ2v) is 8.71. The third kappa shape index (κ3) is 4.74. The summed E-state index contributed by atoms with van der Waals surface area (Å²) in [6.45, 7) is 1.87. The Kier molecular flexibility index (Phi) is 6.31. The molecule has 3 heterocycles. The summed E-state index contributed by atoms with van der Waals surface area (Å²) < 4.78 is 40.9. The zero-order chi connectivity index (χ0) is 25.3. The summed E-state index contributed by atoms with van der Waals surface area (Å²) in [5, 5.41) is 11.6. The van der Waals surface area contributed by atoms with Crippen molar-refractivity contribution < 1.29 is 18.0 Å². The minimum atomic E-state index is -4.52. The van der Waals surface area contributed by atoms with Gasteiger partial charge in [-0.1, -0.05) is 24.3 Å². The molecule has 186 valence electrons. The first kappa shape index (κ1) is 23.7. The number of hydrogen-bond acceptors (Lipinski definition) is 6. The van der Waals surface area contributed by atoms with E-state index in [2.05, 4.69) is 20.6 Å². The standard InChI is InChI=1S/C25H24F3N7O/c26-25(27,28)18-7-2-6-17(11-18)24(36)31-12-15-4-1-5-16(10-15)21-20-22(29)32-14-33-23(20)35(34-21)19-8-3-9-30-13-19/h1-2,4-7,10-11,14,19,30H,3,8-9,12-13H2,(H,31,36)(H2,29,32,33)/t19-/m1/s1. The summed E-state index contributed by atoms with van der Waals surface area (Å²) in [7, 11) is 0. The molecule has 1 aliphatic heterocycles. The highest BCUT2D eigenvalue weighted by Crippen LogP contribution is 2.33. The number of alkyl halides is 3. The van der Waals surface area contributed by atoms with Crippen molar-refractivity contribution in [2.45, 2.75) is 31.6 Å². The van der Waals surface area contributed by atoms with E-state index in [1.54, 1.807) is 0 Å². The molecule has 4 N–H and O–H groups in total. The number of carbonyl (C=O) groups excluding carboxylic acids is 1. The molecule has 1 aliphatic rings. The number of rotatable bonds is 5. The van der Waals surface area contributed by atoms with Crippen molar-refractivity contribution in [1.29, 1.82) is 0 Å². The number of fused-ring (bicyclic) bond motifs is 1. The van der Waals surface area contributed by atoms with Crippen LogP contribution in [0.2, 0.25) is 0 Å². The Hall–Kier alpha value is -3.99. The van der Waals surface area contributed by atoms with Gasteiger partial charge in [0.1, 0.15) is 17.8 Å². The van der Waals surface area contributed by atoms with Crippen LogP contribution in [-0.4, -0.2) is 38.7 Å². The number of nitrogens with zero attached hydrogens (tertiary/aromatic N) is 4. The van der Waals surface area contributed by atoms with Crippen molar-refractivity contribution in [3.8, 4) is 11.3 Å². The summed E-state index contributed by atoms with van der Waals surface area (Å²) in [5.74, 6) is -0.267. The third-order valence-corrected chi connectivity index (χ3v) is 6.24. The number of hydrogen-bond donors (Lipinski definition) is 3. The van der Waals surface area contributed by atoms with Gasteiger partial charge in [-0.25, -0.2) is 14.6 Å². The number of halogens is 3. The molecule has 1 amide bonds. The summed E-state index contributed by atoms with van der Waals surface area (Å²) in [5.41, 5.74) is 8.13. The Morgan fingerprint density at radius 2 is 2.00 bits per heavy atom. The molecule has 1 saturated heterocycles. The van der Waals surface area contributed by atoms with Crippen LogP contribution in [-0.2, 0) is 12.7 Å². The first-order valence-corrected chi connectivity index (χ1v) is 11.6. The van der Waals surface area contributed by atoms with Crippen LogP contribution in [0.15, 0.2) is 54.9 Å². The Morgan fingerprint density at radius 3 is 2.78 bits per heavy atom. The van der Waals surface area contributed by atoms with Gasteiger partial charge >= 0.3 is 6.18 Å². The van der Waals surface area contributed by atoms with E-state index in [-0.39, 0.29) is 18.2 Å². The van der Waals surface area contributed by atoms with Crippen LogP contribution in [0.1, 0.15) is 40.4 Å². The molecule has 1 fully saturated rings. The molecule has 36 heavy (non-hydrogen) atoms. The molecule has 11 heteroatoms. The van der Waals surface area contributed by atoms with Gasteiger partial charge in [-0.15, -0.1) is 0 Å². The molecule has 0 radical (unpaired) electrons. The van der Waals surface area contributed by atoms with E-state index in [0.29, 0.717) is 22.5 Å². The summed E-state index contributed by atoms with van der Waals surface area (Å²) in [4.78, 5) is 21.1. The van der Waals surface area contributed by atoms with Crippen molar-refractivity contribution in [3.05, 3.63) is 71.5 Å². The Labute approximate surface area is 204 Å². The molecule has 8 nitrogen and oxygen atoms in total. The van der Waals surface area contributed by atoms with Crippen LogP contribution >= 0.6 is 0 Å². The van der Waals surface area contributed by atoms with Gasteiger partial charge in [0, 0.05) is 24.2 Å². The summed E-state index contributed by atoms with van der Waals surface area (Å²) in [6, 6.07) is 11.9. The van der Waals surface area contributed by atoms with E-state index < -0.39 is 17.6 Å². The number of nitrogens with one attached hydrogen (secondary N) is 2. The van der Waals surface area contributed by atoms with Crippen molar-refractivity contribution >= 4 is 22.8 Å². The molecular formula is C25H24F3N7O. The topological polar surface area (TPSA) is 111 Å². The summed E-state index contributed by atoms with van der Waals surface area (Å²) >= 11 is 0. The lowest BCUT2D eigenvalue weighted by Gasteiger charge is -2.23. The van der Waals surface area contributed by atoms with Gasteiger partial charge in [0.2, 0.25) is 0 Å². The lowest BCUT2D eigenvalue weighted by molar-refractivity contribution is -0.137. The Morgan fingerprint density at radius 1 is 1.17 bits per heavy atom. The molecule has 0 aliphatic carbocycles. The number of benzene rings is 2. The van der Waals surface area contributed by atoms with Gasteiger partial charge in [0.05, 0.1) is 17.0 Å². The molecule has 1 atom stereocenters.